The Kier molecular flexibility index (Phi) is 6.63. The van der Waals surface area contributed by atoms with E-state index < -0.39 is 0 Å². The molecule has 3 rings (SSSR count). The number of hydrogen-bond acceptors (Lipinski definition) is 4. The van der Waals surface area contributed by atoms with E-state index in [2.05, 4.69) is 25.8 Å². The summed E-state index contributed by atoms with van der Waals surface area (Å²) in [5, 5.41) is 0.679. The summed E-state index contributed by atoms with van der Waals surface area (Å²) in [5.41, 5.74) is 2.04. The predicted octanol–water partition coefficient (Wildman–Crippen LogP) is 5.49. The molecule has 3 aromatic rings. The Morgan fingerprint density at radius 2 is 1.77 bits per heavy atom. The fourth-order valence-corrected chi connectivity index (χ4v) is 2.80. The maximum atomic E-state index is 12.6. The van der Waals surface area contributed by atoms with Crippen LogP contribution in [-0.4, -0.2) is 23.3 Å². The Hall–Kier alpha value is -3.05. The van der Waals surface area contributed by atoms with Gasteiger partial charge >= 0.3 is 0 Å². The van der Waals surface area contributed by atoms with Crippen molar-refractivity contribution in [2.24, 2.45) is 5.41 Å². The minimum atomic E-state index is -0.189. The molecule has 0 aliphatic carbocycles. The van der Waals surface area contributed by atoms with E-state index in [1.54, 1.807) is 25.3 Å². The van der Waals surface area contributed by atoms with E-state index in [1.165, 1.54) is 17.0 Å². The summed E-state index contributed by atoms with van der Waals surface area (Å²) in [5.74, 6) is 1.20. The largest absolute Gasteiger partial charge is 0.493 e. The van der Waals surface area contributed by atoms with Crippen LogP contribution in [0, 0.1) is 5.41 Å². The van der Waals surface area contributed by atoms with Crippen molar-refractivity contribution in [2.75, 3.05) is 13.7 Å². The van der Waals surface area contributed by atoms with E-state index in [0.29, 0.717) is 34.5 Å². The van der Waals surface area contributed by atoms with Crippen LogP contribution in [0.5, 0.6) is 11.5 Å². The molecule has 0 radical (unpaired) electrons. The van der Waals surface area contributed by atoms with Gasteiger partial charge in [-0.15, -0.1) is 0 Å². The molecule has 0 saturated carbocycles. The highest BCUT2D eigenvalue weighted by atomic mass is 35.5. The van der Waals surface area contributed by atoms with Gasteiger partial charge in [0.05, 0.1) is 25.1 Å². The summed E-state index contributed by atoms with van der Waals surface area (Å²) < 4.78 is 12.8. The fourth-order valence-electron chi connectivity index (χ4n) is 2.67. The van der Waals surface area contributed by atoms with Crippen LogP contribution in [0.25, 0.3) is 17.8 Å². The molecule has 6 heteroatoms. The van der Waals surface area contributed by atoms with Crippen LogP contribution in [0.2, 0.25) is 5.02 Å². The normalized spacial score (nSPS) is 11.6. The molecular formula is C24H25ClN2O3. The molecule has 2 aromatic carbocycles. The average molecular weight is 425 g/mol. The second-order valence-corrected chi connectivity index (χ2v) is 8.53. The van der Waals surface area contributed by atoms with Crippen molar-refractivity contribution in [1.29, 1.82) is 0 Å². The maximum absolute atomic E-state index is 12.6. The first-order chi connectivity index (χ1) is 14.2. The van der Waals surface area contributed by atoms with Crippen LogP contribution in [0.1, 0.15) is 32.0 Å². The first-order valence-corrected chi connectivity index (χ1v) is 9.96. The molecule has 0 aliphatic rings. The smallest absolute Gasteiger partial charge is 0.258 e. The van der Waals surface area contributed by atoms with Crippen molar-refractivity contribution in [3.05, 3.63) is 81.5 Å². The van der Waals surface area contributed by atoms with Crippen molar-refractivity contribution < 1.29 is 9.47 Å². The zero-order chi connectivity index (χ0) is 21.7. The molecule has 5 nitrogen and oxygen atoms in total. The number of nitrogens with zero attached hydrogens (tertiary/aromatic N) is 2. The van der Waals surface area contributed by atoms with E-state index >= 15 is 0 Å². The monoisotopic (exact) mass is 424 g/mol. The van der Waals surface area contributed by atoms with E-state index in [-0.39, 0.29) is 11.0 Å². The van der Waals surface area contributed by atoms with E-state index in [1.807, 2.05) is 36.4 Å². The second kappa shape index (κ2) is 9.18. The zero-order valence-electron chi connectivity index (χ0n) is 17.6. The van der Waals surface area contributed by atoms with Gasteiger partial charge in [-0.2, -0.15) is 0 Å². The highest BCUT2D eigenvalue weighted by molar-refractivity contribution is 6.30. The first-order valence-electron chi connectivity index (χ1n) is 9.59. The number of rotatable bonds is 6. The van der Waals surface area contributed by atoms with E-state index in [0.717, 1.165) is 5.56 Å². The van der Waals surface area contributed by atoms with Gasteiger partial charge in [-0.05, 0) is 41.3 Å². The van der Waals surface area contributed by atoms with Crippen molar-refractivity contribution in [1.82, 2.24) is 9.55 Å². The quantitative estimate of drug-likeness (QED) is 0.525. The molecule has 0 aliphatic heterocycles. The molecule has 0 fully saturated rings. The highest BCUT2D eigenvalue weighted by Gasteiger charge is 2.14. The molecule has 156 valence electrons. The molecule has 0 saturated heterocycles. The maximum Gasteiger partial charge on any atom is 0.258 e. The highest BCUT2D eigenvalue weighted by Crippen LogP contribution is 2.30. The number of benzene rings is 2. The fraction of sp³-hybridized carbons (Fsp3) is 0.250. The lowest BCUT2D eigenvalue weighted by Gasteiger charge is -2.20. The number of methoxy groups -OCH3 is 1. The molecule has 0 atom stereocenters. The number of aromatic nitrogens is 2. The van der Waals surface area contributed by atoms with Gasteiger partial charge in [0.2, 0.25) is 0 Å². The van der Waals surface area contributed by atoms with E-state index in [4.69, 9.17) is 21.1 Å². The minimum absolute atomic E-state index is 0.0277. The SMILES string of the molecule is COc1cc(-n2cnc(/C=C/c3ccc(Cl)cc3)cc2=O)ccc1OCC(C)(C)C. The Morgan fingerprint density at radius 1 is 1.03 bits per heavy atom. The third-order valence-corrected chi connectivity index (χ3v) is 4.49. The summed E-state index contributed by atoms with van der Waals surface area (Å²) in [6.45, 7) is 6.85. The van der Waals surface area contributed by atoms with Crippen LogP contribution in [0.4, 0.5) is 0 Å². The van der Waals surface area contributed by atoms with Gasteiger partial charge in [-0.3, -0.25) is 9.36 Å². The molecule has 0 bridgehead atoms. The molecule has 1 aromatic heterocycles. The van der Waals surface area contributed by atoms with E-state index in [9.17, 15) is 4.79 Å². The van der Waals surface area contributed by atoms with Gasteiger partial charge in [-0.1, -0.05) is 50.6 Å². The van der Waals surface area contributed by atoms with Crippen LogP contribution in [0.15, 0.2) is 59.7 Å². The summed E-state index contributed by atoms with van der Waals surface area (Å²) in [4.78, 5) is 17.0. The molecule has 0 N–H and O–H groups in total. The van der Waals surface area contributed by atoms with Crippen molar-refractivity contribution in [3.63, 3.8) is 0 Å². The minimum Gasteiger partial charge on any atom is -0.493 e. The first kappa shape index (κ1) is 21.7. The molecule has 0 spiro atoms. The number of halogens is 1. The Balaban J connectivity index is 1.82. The summed E-state index contributed by atoms with van der Waals surface area (Å²) in [7, 11) is 1.58. The lowest BCUT2D eigenvalue weighted by molar-refractivity contribution is 0.191. The van der Waals surface area contributed by atoms with Gasteiger partial charge in [0.25, 0.3) is 5.56 Å². The lowest BCUT2D eigenvalue weighted by atomic mass is 9.99. The van der Waals surface area contributed by atoms with Crippen LogP contribution in [0.3, 0.4) is 0 Å². The number of ether oxygens (including phenoxy) is 2. The Bertz CT molecular complexity index is 1100. The van der Waals surface area contributed by atoms with Crippen LogP contribution in [-0.2, 0) is 0 Å². The molecular weight excluding hydrogens is 400 g/mol. The molecule has 0 unspecified atom stereocenters. The molecule has 1 heterocycles. The summed E-state index contributed by atoms with van der Waals surface area (Å²) in [6, 6.07) is 14.3. The number of hydrogen-bond donors (Lipinski definition) is 0. The van der Waals surface area contributed by atoms with Crippen LogP contribution >= 0.6 is 11.6 Å². The summed E-state index contributed by atoms with van der Waals surface area (Å²) in [6.07, 6.45) is 5.18. The predicted molar refractivity (Wildman–Crippen MR) is 122 cm³/mol. The van der Waals surface area contributed by atoms with Crippen molar-refractivity contribution >= 4 is 23.8 Å². The standard InChI is InChI=1S/C24H25ClN2O3/c1-24(2,3)15-30-21-12-11-20(14-22(21)29-4)27-16-26-19(13-23(27)28)10-7-17-5-8-18(25)9-6-17/h5-14,16H,15H2,1-4H3/b10-7+. The molecule has 0 amide bonds. The van der Waals surface area contributed by atoms with Crippen molar-refractivity contribution in [2.45, 2.75) is 20.8 Å². The van der Waals surface area contributed by atoms with Gasteiger partial charge in [-0.25, -0.2) is 4.98 Å². The third kappa shape index (κ3) is 5.74. The van der Waals surface area contributed by atoms with Gasteiger partial charge in [0.1, 0.15) is 6.33 Å². The van der Waals surface area contributed by atoms with Crippen molar-refractivity contribution in [3.8, 4) is 17.2 Å². The summed E-state index contributed by atoms with van der Waals surface area (Å²) >= 11 is 5.90. The Morgan fingerprint density at radius 3 is 2.40 bits per heavy atom. The third-order valence-electron chi connectivity index (χ3n) is 4.23. The zero-order valence-corrected chi connectivity index (χ0v) is 18.3. The van der Waals surface area contributed by atoms with Crippen LogP contribution < -0.4 is 15.0 Å². The molecule has 30 heavy (non-hydrogen) atoms. The second-order valence-electron chi connectivity index (χ2n) is 8.09. The Labute approximate surface area is 181 Å². The lowest BCUT2D eigenvalue weighted by Crippen LogP contribution is -2.19. The van der Waals surface area contributed by atoms with Gasteiger partial charge in [0, 0.05) is 17.2 Å². The topological polar surface area (TPSA) is 53.4 Å². The average Bonchev–Trinajstić information content (AvgIpc) is 2.71. The van der Waals surface area contributed by atoms with Gasteiger partial charge < -0.3 is 9.47 Å². The van der Waals surface area contributed by atoms with Gasteiger partial charge in [0.15, 0.2) is 11.5 Å².